The molecule has 0 unspecified atom stereocenters. The van der Waals surface area contributed by atoms with Gasteiger partial charge in [-0.05, 0) is 29.8 Å². The zero-order valence-corrected chi connectivity index (χ0v) is 13.9. The average molecular weight is 352 g/mol. The second-order valence-electron chi connectivity index (χ2n) is 5.33. The van der Waals surface area contributed by atoms with Crippen LogP contribution in [0.1, 0.15) is 11.5 Å². The molecule has 3 rings (SSSR count). The van der Waals surface area contributed by atoms with Crippen LogP contribution in [0.5, 0.6) is 0 Å². The van der Waals surface area contributed by atoms with Gasteiger partial charge in [0.1, 0.15) is 0 Å². The maximum absolute atomic E-state index is 12.8. The molecule has 0 bridgehead atoms. The highest BCUT2D eigenvalue weighted by molar-refractivity contribution is 7.92. The fraction of sp³-hybridized carbons (Fsp3) is 0.188. The number of thiocarbonyl (C=S) groups is 1. The van der Waals surface area contributed by atoms with E-state index >= 15 is 0 Å². The van der Waals surface area contributed by atoms with E-state index < -0.39 is 15.1 Å². The second kappa shape index (κ2) is 5.65. The van der Waals surface area contributed by atoms with E-state index in [1.54, 1.807) is 48.5 Å². The van der Waals surface area contributed by atoms with Crippen molar-refractivity contribution in [2.24, 2.45) is 11.7 Å². The van der Waals surface area contributed by atoms with Crippen LogP contribution < -0.4 is 5.73 Å². The second-order valence-corrected chi connectivity index (χ2v) is 8.35. The van der Waals surface area contributed by atoms with Crippen LogP contribution in [0.15, 0.2) is 59.5 Å². The lowest BCUT2D eigenvalue weighted by molar-refractivity contribution is 0.593. The van der Waals surface area contributed by atoms with Crippen LogP contribution in [0.2, 0.25) is 5.02 Å². The van der Waals surface area contributed by atoms with E-state index in [1.165, 1.54) is 0 Å². The summed E-state index contributed by atoms with van der Waals surface area (Å²) in [7, 11) is -3.48. The molecule has 6 heteroatoms. The van der Waals surface area contributed by atoms with Gasteiger partial charge in [-0.15, -0.1) is 0 Å². The van der Waals surface area contributed by atoms with Gasteiger partial charge in [-0.1, -0.05) is 54.2 Å². The predicted octanol–water partition coefficient (Wildman–Crippen LogP) is 3.18. The normalized spacial score (nSPS) is 24.0. The monoisotopic (exact) mass is 351 g/mol. The molecule has 0 aromatic heterocycles. The molecule has 3 nitrogen and oxygen atoms in total. The third kappa shape index (κ3) is 2.64. The molecule has 1 fully saturated rings. The van der Waals surface area contributed by atoms with Gasteiger partial charge < -0.3 is 5.73 Å². The molecule has 3 atom stereocenters. The van der Waals surface area contributed by atoms with E-state index in [4.69, 9.17) is 29.6 Å². The van der Waals surface area contributed by atoms with Crippen LogP contribution in [0, 0.1) is 5.92 Å². The van der Waals surface area contributed by atoms with Crippen molar-refractivity contribution in [3.63, 3.8) is 0 Å². The highest BCUT2D eigenvalue weighted by Crippen LogP contribution is 2.54. The number of sulfone groups is 1. The van der Waals surface area contributed by atoms with E-state index in [1.807, 2.05) is 6.07 Å². The third-order valence-corrected chi connectivity index (χ3v) is 6.69. The fourth-order valence-corrected chi connectivity index (χ4v) is 5.64. The zero-order chi connectivity index (χ0) is 15.9. The highest BCUT2D eigenvalue weighted by Gasteiger charge is 2.60. The first kappa shape index (κ1) is 15.5. The quantitative estimate of drug-likeness (QED) is 0.859. The summed E-state index contributed by atoms with van der Waals surface area (Å²) in [6.45, 7) is 0. The number of nitrogens with two attached hydrogens (primary N) is 1. The van der Waals surface area contributed by atoms with Crippen LogP contribution in [0.4, 0.5) is 0 Å². The Morgan fingerprint density at radius 2 is 1.77 bits per heavy atom. The summed E-state index contributed by atoms with van der Waals surface area (Å²) in [5.74, 6) is -0.583. The average Bonchev–Trinajstić information content (AvgIpc) is 3.25. The van der Waals surface area contributed by atoms with Crippen molar-refractivity contribution >= 4 is 38.6 Å². The summed E-state index contributed by atoms with van der Waals surface area (Å²) in [4.78, 5) is 0.528. The van der Waals surface area contributed by atoms with Crippen LogP contribution in [-0.4, -0.2) is 18.7 Å². The maximum Gasteiger partial charge on any atom is 0.182 e. The Labute approximate surface area is 140 Å². The van der Waals surface area contributed by atoms with Gasteiger partial charge in [0.2, 0.25) is 0 Å². The first-order valence-electron chi connectivity index (χ1n) is 6.76. The van der Waals surface area contributed by atoms with Gasteiger partial charge in [-0.3, -0.25) is 0 Å². The van der Waals surface area contributed by atoms with Crippen molar-refractivity contribution in [1.29, 1.82) is 0 Å². The smallest absolute Gasteiger partial charge is 0.182 e. The van der Waals surface area contributed by atoms with E-state index in [-0.39, 0.29) is 16.8 Å². The van der Waals surface area contributed by atoms with Gasteiger partial charge in [0.15, 0.2) is 9.84 Å². The number of benzene rings is 2. The van der Waals surface area contributed by atoms with Crippen molar-refractivity contribution in [3.05, 3.63) is 65.2 Å². The van der Waals surface area contributed by atoms with E-state index in [2.05, 4.69) is 0 Å². The molecular weight excluding hydrogens is 338 g/mol. The third-order valence-electron chi connectivity index (χ3n) is 3.95. The minimum Gasteiger partial charge on any atom is -0.393 e. The standard InChI is InChI=1S/C16H14ClNO2S2/c17-11-6-4-5-10(9-11)13-14(16(18)21)15(13)22(19,20)12-7-2-1-3-8-12/h1-9,13-15H,(H2,18,21)/t13-,14-,15-/m1/s1. The Bertz CT molecular complexity index is 821. The topological polar surface area (TPSA) is 60.2 Å². The lowest BCUT2D eigenvalue weighted by atomic mass is 10.1. The van der Waals surface area contributed by atoms with Crippen molar-refractivity contribution in [2.45, 2.75) is 16.1 Å². The van der Waals surface area contributed by atoms with Crippen molar-refractivity contribution in [1.82, 2.24) is 0 Å². The molecule has 1 aliphatic carbocycles. The van der Waals surface area contributed by atoms with Crippen molar-refractivity contribution in [3.8, 4) is 0 Å². The minimum atomic E-state index is -3.48. The molecule has 2 aromatic carbocycles. The molecule has 0 spiro atoms. The largest absolute Gasteiger partial charge is 0.393 e. The molecule has 114 valence electrons. The fourth-order valence-electron chi connectivity index (χ4n) is 2.89. The van der Waals surface area contributed by atoms with Crippen molar-refractivity contribution in [2.75, 3.05) is 0 Å². The van der Waals surface area contributed by atoms with Gasteiger partial charge in [0, 0.05) is 16.9 Å². The lowest BCUT2D eigenvalue weighted by Gasteiger charge is -2.04. The van der Waals surface area contributed by atoms with Crippen LogP contribution >= 0.6 is 23.8 Å². The Morgan fingerprint density at radius 3 is 2.36 bits per heavy atom. The summed E-state index contributed by atoms with van der Waals surface area (Å²) in [6, 6.07) is 15.6. The van der Waals surface area contributed by atoms with Crippen LogP contribution in [0.25, 0.3) is 0 Å². The lowest BCUT2D eigenvalue weighted by Crippen LogP contribution is -2.17. The molecule has 2 N–H and O–H groups in total. The minimum absolute atomic E-state index is 0.231. The molecule has 1 saturated carbocycles. The number of hydrogen-bond donors (Lipinski definition) is 1. The SMILES string of the molecule is NC(=S)[C@@H]1[C@@H](c2cccc(Cl)c2)[C@H]1S(=O)(=O)c1ccccc1. The maximum atomic E-state index is 12.8. The Hall–Kier alpha value is -1.43. The molecule has 1 aliphatic rings. The van der Waals surface area contributed by atoms with Crippen LogP contribution in [-0.2, 0) is 9.84 Å². The number of rotatable bonds is 4. The highest BCUT2D eigenvalue weighted by atomic mass is 35.5. The summed E-state index contributed by atoms with van der Waals surface area (Å²) >= 11 is 11.1. The summed E-state index contributed by atoms with van der Waals surface area (Å²) in [5, 5.41) is -0.0483. The first-order chi connectivity index (χ1) is 10.4. The van der Waals surface area contributed by atoms with Gasteiger partial charge in [-0.2, -0.15) is 0 Å². The Kier molecular flexibility index (Phi) is 3.97. The van der Waals surface area contributed by atoms with E-state index in [0.29, 0.717) is 9.92 Å². The summed E-state index contributed by atoms with van der Waals surface area (Å²) in [6.07, 6.45) is 0. The van der Waals surface area contributed by atoms with E-state index in [9.17, 15) is 8.42 Å². The summed E-state index contributed by atoms with van der Waals surface area (Å²) < 4.78 is 25.7. The van der Waals surface area contributed by atoms with Gasteiger partial charge >= 0.3 is 0 Å². The number of hydrogen-bond acceptors (Lipinski definition) is 3. The number of halogens is 1. The van der Waals surface area contributed by atoms with E-state index in [0.717, 1.165) is 5.56 Å². The summed E-state index contributed by atoms with van der Waals surface area (Å²) in [5.41, 5.74) is 6.62. The molecule has 0 amide bonds. The first-order valence-corrected chi connectivity index (χ1v) is 9.10. The van der Waals surface area contributed by atoms with Crippen molar-refractivity contribution < 1.29 is 8.42 Å². The van der Waals surface area contributed by atoms with Crippen LogP contribution in [0.3, 0.4) is 0 Å². The molecular formula is C16H14ClNO2S2. The zero-order valence-electron chi connectivity index (χ0n) is 11.5. The predicted molar refractivity (Wildman–Crippen MR) is 91.9 cm³/mol. The molecule has 0 saturated heterocycles. The molecule has 0 radical (unpaired) electrons. The molecule has 0 heterocycles. The van der Waals surface area contributed by atoms with Gasteiger partial charge in [0.25, 0.3) is 0 Å². The molecule has 22 heavy (non-hydrogen) atoms. The Morgan fingerprint density at radius 1 is 1.09 bits per heavy atom. The Balaban J connectivity index is 2.01. The molecule has 2 aromatic rings. The molecule has 0 aliphatic heterocycles. The van der Waals surface area contributed by atoms with Gasteiger partial charge in [-0.25, -0.2) is 8.42 Å². The van der Waals surface area contributed by atoms with Gasteiger partial charge in [0.05, 0.1) is 15.1 Å².